The van der Waals surface area contributed by atoms with Crippen LogP contribution < -0.4 is 0 Å². The van der Waals surface area contributed by atoms with Gasteiger partial charge in [0.25, 0.3) is 0 Å². The Morgan fingerprint density at radius 3 is 2.75 bits per heavy atom. The molecule has 4 nitrogen and oxygen atoms in total. The van der Waals surface area contributed by atoms with E-state index in [0.29, 0.717) is 6.42 Å². The third kappa shape index (κ3) is 3.12. The molecular formula is C8H10NO3. The first-order valence-corrected chi connectivity index (χ1v) is 3.37. The molecule has 0 aliphatic carbocycles. The van der Waals surface area contributed by atoms with E-state index in [0.717, 1.165) is 6.08 Å². The fourth-order valence-electron chi connectivity index (χ4n) is 0.486. The van der Waals surface area contributed by atoms with Crippen LogP contribution >= 0.6 is 0 Å². The largest absolute Gasteiger partial charge is 0.433 e. The van der Waals surface area contributed by atoms with Crippen LogP contribution in [-0.2, 0) is 14.3 Å². The third-order valence-corrected chi connectivity index (χ3v) is 1.26. The summed E-state index contributed by atoms with van der Waals surface area (Å²) in [6.07, 6.45) is 2.58. The Balaban J connectivity index is 4.43. The summed E-state index contributed by atoms with van der Waals surface area (Å²) in [7, 11) is 0. The number of carbonyl (C=O) groups is 1. The molecule has 0 fully saturated rings. The SMILES string of the molecule is [CH2]C(CC)(N=C=O)OC(=O)C=C. The third-order valence-electron chi connectivity index (χ3n) is 1.26. The summed E-state index contributed by atoms with van der Waals surface area (Å²) in [4.78, 5) is 23.8. The van der Waals surface area contributed by atoms with Gasteiger partial charge in [-0.15, -0.1) is 0 Å². The highest BCUT2D eigenvalue weighted by atomic mass is 16.6. The van der Waals surface area contributed by atoms with Crippen LogP contribution in [0.3, 0.4) is 0 Å². The molecule has 0 amide bonds. The second-order valence-corrected chi connectivity index (χ2v) is 2.13. The average molecular weight is 168 g/mol. The number of isocyanates is 1. The Bertz CT molecular complexity index is 230. The molecule has 0 aromatic carbocycles. The van der Waals surface area contributed by atoms with E-state index in [2.05, 4.69) is 23.2 Å². The lowest BCUT2D eigenvalue weighted by Crippen LogP contribution is -2.28. The second-order valence-electron chi connectivity index (χ2n) is 2.13. The van der Waals surface area contributed by atoms with Crippen LogP contribution in [0.25, 0.3) is 0 Å². The molecule has 0 saturated carbocycles. The molecule has 12 heavy (non-hydrogen) atoms. The van der Waals surface area contributed by atoms with E-state index in [4.69, 9.17) is 0 Å². The van der Waals surface area contributed by atoms with E-state index < -0.39 is 11.7 Å². The molecule has 1 radical (unpaired) electrons. The minimum atomic E-state index is -1.35. The number of hydrogen-bond donors (Lipinski definition) is 0. The van der Waals surface area contributed by atoms with Gasteiger partial charge in [0, 0.05) is 19.4 Å². The fourth-order valence-corrected chi connectivity index (χ4v) is 0.486. The molecule has 0 aromatic heterocycles. The Hall–Kier alpha value is -1.41. The van der Waals surface area contributed by atoms with Crippen molar-refractivity contribution in [3.63, 3.8) is 0 Å². The van der Waals surface area contributed by atoms with Gasteiger partial charge in [-0.05, 0) is 0 Å². The van der Waals surface area contributed by atoms with Gasteiger partial charge < -0.3 is 4.74 Å². The molecule has 1 atom stereocenters. The number of rotatable bonds is 4. The van der Waals surface area contributed by atoms with E-state index in [1.807, 2.05) is 0 Å². The van der Waals surface area contributed by atoms with Gasteiger partial charge in [0.1, 0.15) is 0 Å². The van der Waals surface area contributed by atoms with E-state index in [1.54, 1.807) is 6.92 Å². The summed E-state index contributed by atoms with van der Waals surface area (Å²) in [5.41, 5.74) is -1.35. The van der Waals surface area contributed by atoms with Crippen LogP contribution in [0.4, 0.5) is 0 Å². The Kier molecular flexibility index (Phi) is 3.94. The number of aliphatic imine (C=N–C) groups is 1. The Morgan fingerprint density at radius 2 is 2.42 bits per heavy atom. The van der Waals surface area contributed by atoms with Gasteiger partial charge in [-0.3, -0.25) is 0 Å². The molecule has 0 saturated heterocycles. The van der Waals surface area contributed by atoms with Crippen molar-refractivity contribution in [2.75, 3.05) is 0 Å². The zero-order valence-electron chi connectivity index (χ0n) is 6.87. The minimum Gasteiger partial charge on any atom is -0.433 e. The number of esters is 1. The quantitative estimate of drug-likeness (QED) is 0.272. The lowest BCUT2D eigenvalue weighted by atomic mass is 10.2. The smallest absolute Gasteiger partial charge is 0.332 e. The minimum absolute atomic E-state index is 0.307. The van der Waals surface area contributed by atoms with Gasteiger partial charge in [-0.25, -0.2) is 9.59 Å². The van der Waals surface area contributed by atoms with Gasteiger partial charge in [-0.2, -0.15) is 4.99 Å². The van der Waals surface area contributed by atoms with Crippen molar-refractivity contribution in [3.05, 3.63) is 19.6 Å². The number of carbonyl (C=O) groups excluding carboxylic acids is 2. The number of ether oxygens (including phenoxy) is 1. The lowest BCUT2D eigenvalue weighted by molar-refractivity contribution is -0.148. The summed E-state index contributed by atoms with van der Waals surface area (Å²) in [6.45, 7) is 8.33. The second kappa shape index (κ2) is 4.46. The summed E-state index contributed by atoms with van der Waals surface area (Å²) < 4.78 is 4.68. The summed E-state index contributed by atoms with van der Waals surface area (Å²) in [5.74, 6) is -0.661. The molecule has 0 spiro atoms. The predicted molar refractivity (Wildman–Crippen MR) is 42.8 cm³/mol. The number of nitrogens with zero attached hydrogens (tertiary/aromatic N) is 1. The van der Waals surface area contributed by atoms with Crippen molar-refractivity contribution in [1.82, 2.24) is 0 Å². The van der Waals surface area contributed by atoms with Gasteiger partial charge >= 0.3 is 5.97 Å². The molecule has 0 bridgehead atoms. The van der Waals surface area contributed by atoms with Gasteiger partial charge in [0.2, 0.25) is 11.8 Å². The lowest BCUT2D eigenvalue weighted by Gasteiger charge is -2.20. The topological polar surface area (TPSA) is 55.7 Å². The van der Waals surface area contributed by atoms with Crippen LogP contribution in [-0.4, -0.2) is 17.8 Å². The molecule has 0 aromatic rings. The molecule has 65 valence electrons. The number of hydrogen-bond acceptors (Lipinski definition) is 4. The first-order valence-electron chi connectivity index (χ1n) is 3.37. The standard InChI is InChI=1S/C8H10NO3/c1-4-7(11)12-8(3,5-2)9-6-10/h4H,1,3,5H2,2H3. The first kappa shape index (κ1) is 10.6. The monoisotopic (exact) mass is 168 g/mol. The fraction of sp³-hybridized carbons (Fsp3) is 0.375. The van der Waals surface area contributed by atoms with Gasteiger partial charge in [-0.1, -0.05) is 13.5 Å². The van der Waals surface area contributed by atoms with Crippen LogP contribution in [0, 0.1) is 6.92 Å². The van der Waals surface area contributed by atoms with Crippen LogP contribution in [0.1, 0.15) is 13.3 Å². The van der Waals surface area contributed by atoms with E-state index in [9.17, 15) is 9.59 Å². The molecule has 0 heterocycles. The van der Waals surface area contributed by atoms with Crippen molar-refractivity contribution in [1.29, 1.82) is 0 Å². The highest BCUT2D eigenvalue weighted by molar-refractivity contribution is 5.81. The maximum Gasteiger partial charge on any atom is 0.332 e. The predicted octanol–water partition coefficient (Wildman–Crippen LogP) is 0.992. The average Bonchev–Trinajstić information content (AvgIpc) is 2.05. The summed E-state index contributed by atoms with van der Waals surface area (Å²) in [6, 6.07) is 0. The molecule has 0 aliphatic heterocycles. The van der Waals surface area contributed by atoms with Crippen LogP contribution in [0.5, 0.6) is 0 Å². The molecule has 0 aliphatic rings. The van der Waals surface area contributed by atoms with Crippen LogP contribution in [0.15, 0.2) is 17.6 Å². The molecule has 0 N–H and O–H groups in total. The van der Waals surface area contributed by atoms with E-state index >= 15 is 0 Å². The van der Waals surface area contributed by atoms with Crippen molar-refractivity contribution in [2.24, 2.45) is 4.99 Å². The van der Waals surface area contributed by atoms with E-state index in [-0.39, 0.29) is 0 Å². The highest BCUT2D eigenvalue weighted by Crippen LogP contribution is 2.15. The molecule has 1 unspecified atom stereocenters. The molecule has 4 heteroatoms. The molecular weight excluding hydrogens is 158 g/mol. The maximum atomic E-state index is 10.7. The van der Waals surface area contributed by atoms with Gasteiger partial charge in [0.15, 0.2) is 0 Å². The van der Waals surface area contributed by atoms with Crippen molar-refractivity contribution < 1.29 is 14.3 Å². The zero-order chi connectivity index (χ0) is 9.61. The van der Waals surface area contributed by atoms with Crippen molar-refractivity contribution >= 4 is 12.0 Å². The normalized spacial score (nSPS) is 13.8. The zero-order valence-corrected chi connectivity index (χ0v) is 6.87. The first-order chi connectivity index (χ1) is 5.58. The van der Waals surface area contributed by atoms with Crippen LogP contribution in [0.2, 0.25) is 0 Å². The maximum absolute atomic E-state index is 10.7. The van der Waals surface area contributed by atoms with Crippen molar-refractivity contribution in [2.45, 2.75) is 19.1 Å². The summed E-state index contributed by atoms with van der Waals surface area (Å²) in [5, 5.41) is 0. The Labute approximate surface area is 70.9 Å². The molecule has 0 rings (SSSR count). The van der Waals surface area contributed by atoms with E-state index in [1.165, 1.54) is 6.08 Å². The summed E-state index contributed by atoms with van der Waals surface area (Å²) >= 11 is 0. The van der Waals surface area contributed by atoms with Gasteiger partial charge in [0.05, 0.1) is 0 Å². The van der Waals surface area contributed by atoms with Crippen molar-refractivity contribution in [3.8, 4) is 0 Å². The highest BCUT2D eigenvalue weighted by Gasteiger charge is 2.24. The Morgan fingerprint density at radius 1 is 1.83 bits per heavy atom.